The van der Waals surface area contributed by atoms with Crippen molar-refractivity contribution < 1.29 is 14.3 Å². The van der Waals surface area contributed by atoms with Gasteiger partial charge in [-0.3, -0.25) is 9.59 Å². The third kappa shape index (κ3) is 6.21. The van der Waals surface area contributed by atoms with E-state index in [9.17, 15) is 9.59 Å². The standard InChI is InChI=1S/C24H24N2O3/c1-25-23(27)16-19-10-12-21(13-11-19)26-24(28)20-8-5-9-22(17-20)29-15-14-18-6-3-2-4-7-18/h2-13,17H,14-16H2,1H3,(H,25,27)(H,26,28). The lowest BCUT2D eigenvalue weighted by molar-refractivity contribution is -0.119. The average Bonchev–Trinajstić information content (AvgIpc) is 2.76. The molecule has 0 bridgehead atoms. The number of hydrogen-bond acceptors (Lipinski definition) is 3. The number of amides is 2. The lowest BCUT2D eigenvalue weighted by Gasteiger charge is -2.09. The van der Waals surface area contributed by atoms with E-state index >= 15 is 0 Å². The van der Waals surface area contributed by atoms with Crippen molar-refractivity contribution in [3.63, 3.8) is 0 Å². The van der Waals surface area contributed by atoms with E-state index in [2.05, 4.69) is 22.8 Å². The van der Waals surface area contributed by atoms with Gasteiger partial charge in [-0.05, 0) is 41.5 Å². The number of likely N-dealkylation sites (N-methyl/N-ethyl adjacent to an activating group) is 1. The summed E-state index contributed by atoms with van der Waals surface area (Å²) in [4.78, 5) is 24.0. The zero-order chi connectivity index (χ0) is 20.5. The third-order valence-corrected chi connectivity index (χ3v) is 4.45. The topological polar surface area (TPSA) is 67.4 Å². The van der Waals surface area contributed by atoms with Gasteiger partial charge < -0.3 is 15.4 Å². The van der Waals surface area contributed by atoms with Gasteiger partial charge in [0.15, 0.2) is 0 Å². The molecule has 0 saturated heterocycles. The van der Waals surface area contributed by atoms with Crippen LogP contribution >= 0.6 is 0 Å². The van der Waals surface area contributed by atoms with Crippen molar-refractivity contribution in [3.05, 3.63) is 95.6 Å². The Balaban J connectivity index is 1.55. The summed E-state index contributed by atoms with van der Waals surface area (Å²) < 4.78 is 5.80. The Kier molecular flexibility index (Phi) is 7.00. The average molecular weight is 388 g/mol. The lowest BCUT2D eigenvalue weighted by atomic mass is 10.1. The fourth-order valence-electron chi connectivity index (χ4n) is 2.84. The minimum absolute atomic E-state index is 0.0501. The number of rotatable bonds is 8. The van der Waals surface area contributed by atoms with E-state index in [1.807, 2.05) is 36.4 Å². The third-order valence-electron chi connectivity index (χ3n) is 4.45. The molecule has 0 heterocycles. The molecule has 3 aromatic rings. The van der Waals surface area contributed by atoms with Crippen molar-refractivity contribution in [2.24, 2.45) is 0 Å². The zero-order valence-corrected chi connectivity index (χ0v) is 16.4. The molecular weight excluding hydrogens is 364 g/mol. The summed E-state index contributed by atoms with van der Waals surface area (Å²) in [5.74, 6) is 0.401. The summed E-state index contributed by atoms with van der Waals surface area (Å²) in [7, 11) is 1.61. The van der Waals surface area contributed by atoms with Gasteiger partial charge in [0.25, 0.3) is 5.91 Å². The van der Waals surface area contributed by atoms with Crippen LogP contribution in [-0.4, -0.2) is 25.5 Å². The zero-order valence-electron chi connectivity index (χ0n) is 16.4. The molecule has 0 saturated carbocycles. The highest BCUT2D eigenvalue weighted by Gasteiger charge is 2.08. The van der Waals surface area contributed by atoms with Gasteiger partial charge in [-0.15, -0.1) is 0 Å². The van der Waals surface area contributed by atoms with Crippen LogP contribution in [0.1, 0.15) is 21.5 Å². The predicted molar refractivity (Wildman–Crippen MR) is 114 cm³/mol. The number of ether oxygens (including phenoxy) is 1. The largest absolute Gasteiger partial charge is 0.493 e. The summed E-state index contributed by atoms with van der Waals surface area (Å²) in [5.41, 5.74) is 3.29. The van der Waals surface area contributed by atoms with E-state index in [1.54, 1.807) is 37.4 Å². The molecule has 0 atom stereocenters. The predicted octanol–water partition coefficient (Wildman–Crippen LogP) is 3.85. The molecule has 148 valence electrons. The molecule has 2 amide bonds. The fourth-order valence-corrected chi connectivity index (χ4v) is 2.84. The van der Waals surface area contributed by atoms with Gasteiger partial charge in [-0.2, -0.15) is 0 Å². The second-order valence-electron chi connectivity index (χ2n) is 6.61. The molecule has 3 rings (SSSR count). The summed E-state index contributed by atoms with van der Waals surface area (Å²) in [6.07, 6.45) is 1.12. The summed E-state index contributed by atoms with van der Waals surface area (Å²) in [5, 5.41) is 5.46. The molecule has 0 aliphatic carbocycles. The maximum Gasteiger partial charge on any atom is 0.255 e. The van der Waals surface area contributed by atoms with Crippen LogP contribution in [0.4, 0.5) is 5.69 Å². The Morgan fingerprint density at radius 2 is 1.62 bits per heavy atom. The molecule has 0 aromatic heterocycles. The van der Waals surface area contributed by atoms with Gasteiger partial charge in [-0.25, -0.2) is 0 Å². The molecule has 0 aliphatic rings. The lowest BCUT2D eigenvalue weighted by Crippen LogP contribution is -2.19. The summed E-state index contributed by atoms with van der Waals surface area (Å²) in [6.45, 7) is 0.544. The first-order valence-corrected chi connectivity index (χ1v) is 9.52. The molecule has 29 heavy (non-hydrogen) atoms. The molecule has 0 unspecified atom stereocenters. The first kappa shape index (κ1) is 20.1. The Morgan fingerprint density at radius 3 is 2.34 bits per heavy atom. The van der Waals surface area contributed by atoms with Gasteiger partial charge >= 0.3 is 0 Å². The highest BCUT2D eigenvalue weighted by atomic mass is 16.5. The van der Waals surface area contributed by atoms with E-state index in [0.29, 0.717) is 30.0 Å². The monoisotopic (exact) mass is 388 g/mol. The van der Waals surface area contributed by atoms with Gasteiger partial charge in [-0.1, -0.05) is 48.5 Å². The Morgan fingerprint density at radius 1 is 0.862 bits per heavy atom. The van der Waals surface area contributed by atoms with Crippen LogP contribution in [0.5, 0.6) is 5.75 Å². The van der Waals surface area contributed by atoms with E-state index in [-0.39, 0.29) is 11.8 Å². The number of carbonyl (C=O) groups is 2. The van der Waals surface area contributed by atoms with Crippen LogP contribution in [0.25, 0.3) is 0 Å². The van der Waals surface area contributed by atoms with Crippen molar-refractivity contribution in [2.45, 2.75) is 12.8 Å². The van der Waals surface area contributed by atoms with Crippen molar-refractivity contribution >= 4 is 17.5 Å². The summed E-state index contributed by atoms with van der Waals surface area (Å²) in [6, 6.07) is 24.5. The number of benzene rings is 3. The molecule has 0 aliphatic heterocycles. The van der Waals surface area contributed by atoms with Gasteiger partial charge in [0.1, 0.15) is 5.75 Å². The van der Waals surface area contributed by atoms with Crippen LogP contribution in [0, 0.1) is 0 Å². The molecule has 5 heteroatoms. The van der Waals surface area contributed by atoms with Gasteiger partial charge in [0, 0.05) is 24.7 Å². The van der Waals surface area contributed by atoms with Gasteiger partial charge in [0.05, 0.1) is 13.0 Å². The SMILES string of the molecule is CNC(=O)Cc1ccc(NC(=O)c2cccc(OCCc3ccccc3)c2)cc1. The second-order valence-corrected chi connectivity index (χ2v) is 6.61. The highest BCUT2D eigenvalue weighted by Crippen LogP contribution is 2.16. The van der Waals surface area contributed by atoms with Crippen LogP contribution < -0.4 is 15.4 Å². The first-order chi connectivity index (χ1) is 14.1. The number of hydrogen-bond donors (Lipinski definition) is 2. The molecule has 2 N–H and O–H groups in total. The van der Waals surface area contributed by atoms with Crippen molar-refractivity contribution in [1.82, 2.24) is 5.32 Å². The van der Waals surface area contributed by atoms with E-state index < -0.39 is 0 Å². The van der Waals surface area contributed by atoms with Crippen LogP contribution in [0.15, 0.2) is 78.9 Å². The van der Waals surface area contributed by atoms with Crippen molar-refractivity contribution in [2.75, 3.05) is 19.0 Å². The van der Waals surface area contributed by atoms with E-state index in [1.165, 1.54) is 5.56 Å². The van der Waals surface area contributed by atoms with Gasteiger partial charge in [0.2, 0.25) is 5.91 Å². The van der Waals surface area contributed by atoms with E-state index in [4.69, 9.17) is 4.74 Å². The molecule has 0 fully saturated rings. The summed E-state index contributed by atoms with van der Waals surface area (Å²) >= 11 is 0. The molecular formula is C24H24N2O3. The minimum atomic E-state index is -0.211. The first-order valence-electron chi connectivity index (χ1n) is 9.52. The highest BCUT2D eigenvalue weighted by molar-refractivity contribution is 6.04. The molecule has 5 nitrogen and oxygen atoms in total. The van der Waals surface area contributed by atoms with Crippen molar-refractivity contribution in [1.29, 1.82) is 0 Å². The Labute approximate surface area is 170 Å². The van der Waals surface area contributed by atoms with Crippen molar-refractivity contribution in [3.8, 4) is 5.75 Å². The minimum Gasteiger partial charge on any atom is -0.493 e. The number of anilines is 1. The second kappa shape index (κ2) is 10.1. The maximum absolute atomic E-state index is 12.5. The van der Waals surface area contributed by atoms with Crippen LogP contribution in [0.3, 0.4) is 0 Å². The normalized spacial score (nSPS) is 10.2. The van der Waals surface area contributed by atoms with Crippen LogP contribution in [0.2, 0.25) is 0 Å². The van der Waals surface area contributed by atoms with E-state index in [0.717, 1.165) is 12.0 Å². The maximum atomic E-state index is 12.5. The molecule has 3 aromatic carbocycles. The molecule has 0 spiro atoms. The molecule has 0 radical (unpaired) electrons. The Hall–Kier alpha value is -3.60. The number of carbonyl (C=O) groups excluding carboxylic acids is 2. The smallest absolute Gasteiger partial charge is 0.255 e. The van der Waals surface area contributed by atoms with Crippen LogP contribution in [-0.2, 0) is 17.6 Å². The quantitative estimate of drug-likeness (QED) is 0.616. The number of nitrogens with one attached hydrogen (secondary N) is 2. The fraction of sp³-hybridized carbons (Fsp3) is 0.167. The Bertz CT molecular complexity index is 953.